The van der Waals surface area contributed by atoms with Gasteiger partial charge in [0, 0.05) is 28.7 Å². The maximum atomic E-state index is 12.4. The molecule has 0 radical (unpaired) electrons. The van der Waals surface area contributed by atoms with Gasteiger partial charge in [0.05, 0.1) is 5.75 Å². The van der Waals surface area contributed by atoms with Gasteiger partial charge in [0.2, 0.25) is 10.0 Å². The highest BCUT2D eigenvalue weighted by Gasteiger charge is 2.53. The lowest BCUT2D eigenvalue weighted by atomic mass is 9.52. The van der Waals surface area contributed by atoms with Crippen molar-refractivity contribution in [2.75, 3.05) is 0 Å². The number of urea groups is 1. The van der Waals surface area contributed by atoms with Crippen molar-refractivity contribution in [3.8, 4) is 0 Å². The molecule has 2 saturated carbocycles. The molecule has 0 aliphatic heterocycles. The van der Waals surface area contributed by atoms with Crippen LogP contribution in [0.1, 0.15) is 36.8 Å². The van der Waals surface area contributed by atoms with E-state index in [1.54, 1.807) is 36.4 Å². The van der Waals surface area contributed by atoms with Gasteiger partial charge >= 0.3 is 6.03 Å². The molecule has 2 aliphatic carbocycles. The summed E-state index contributed by atoms with van der Waals surface area (Å²) in [4.78, 5) is 12.1. The van der Waals surface area contributed by atoms with Gasteiger partial charge in [-0.2, -0.15) is 0 Å². The topological polar surface area (TPSA) is 87.3 Å². The second kappa shape index (κ2) is 8.98. The van der Waals surface area contributed by atoms with Crippen molar-refractivity contribution in [2.45, 2.75) is 50.1 Å². The number of nitrogens with one attached hydrogen (secondary N) is 3. The number of amides is 2. The predicted molar refractivity (Wildman–Crippen MR) is 123 cm³/mol. The predicted octanol–water partition coefficient (Wildman–Crippen LogP) is 4.22. The Kier molecular flexibility index (Phi) is 6.49. The number of carbonyl (C=O) groups excluding carboxylic acids is 1. The average Bonchev–Trinajstić information content (AvgIpc) is 2.66. The minimum Gasteiger partial charge on any atom is -0.335 e. The molecule has 0 saturated heterocycles. The summed E-state index contributed by atoms with van der Waals surface area (Å²) in [5.41, 5.74) is 1.73. The Hall–Kier alpha value is -1.80. The third-order valence-corrected chi connectivity index (χ3v) is 8.07. The van der Waals surface area contributed by atoms with Gasteiger partial charge in [-0.05, 0) is 60.4 Å². The molecular formula is C22H25Cl2N3O3S. The summed E-state index contributed by atoms with van der Waals surface area (Å²) in [5.74, 6) is -0.117. The van der Waals surface area contributed by atoms with E-state index >= 15 is 0 Å². The second-order valence-corrected chi connectivity index (χ2v) is 11.2. The van der Waals surface area contributed by atoms with Crippen LogP contribution in [0, 0.1) is 5.41 Å². The van der Waals surface area contributed by atoms with E-state index in [2.05, 4.69) is 15.4 Å². The molecule has 0 aromatic heterocycles. The van der Waals surface area contributed by atoms with E-state index in [1.165, 1.54) is 0 Å². The first kappa shape index (κ1) is 22.4. The lowest BCUT2D eigenvalue weighted by Gasteiger charge is -2.57. The van der Waals surface area contributed by atoms with Crippen LogP contribution >= 0.6 is 23.2 Å². The third kappa shape index (κ3) is 5.71. The Balaban J connectivity index is 1.16. The van der Waals surface area contributed by atoms with Crippen LogP contribution < -0.4 is 15.4 Å². The Labute approximate surface area is 192 Å². The van der Waals surface area contributed by atoms with E-state index in [0.717, 1.165) is 31.2 Å². The van der Waals surface area contributed by atoms with E-state index in [4.69, 9.17) is 23.2 Å². The molecular weight excluding hydrogens is 457 g/mol. The van der Waals surface area contributed by atoms with Gasteiger partial charge in [-0.1, -0.05) is 53.5 Å². The fourth-order valence-corrected chi connectivity index (χ4v) is 6.45. The number of carbonyl (C=O) groups is 1. The van der Waals surface area contributed by atoms with Crippen LogP contribution in [-0.2, 0) is 22.3 Å². The first-order valence-electron chi connectivity index (χ1n) is 10.2. The molecule has 0 unspecified atom stereocenters. The molecule has 6 nitrogen and oxygen atoms in total. The zero-order chi connectivity index (χ0) is 22.1. The molecule has 2 amide bonds. The SMILES string of the molecule is O=C(NCc1ccc(Cl)cc1)NC1CC2(C1)CC(NS(=O)(=O)Cc1ccccc1Cl)C2. The standard InChI is InChI=1S/C22H25Cl2N3O3S/c23-17-7-5-15(6-8-17)13-25-21(28)26-18-9-22(10-18)11-19(12-22)27-31(29,30)14-16-3-1-2-4-20(16)24/h1-8,18-19,27H,9-14H2,(H2,25,26,28). The molecule has 2 aliphatic rings. The van der Waals surface area contributed by atoms with Crippen LogP contribution in [0.3, 0.4) is 0 Å². The van der Waals surface area contributed by atoms with Gasteiger partial charge in [0.25, 0.3) is 0 Å². The average molecular weight is 482 g/mol. The normalized spacial score (nSPS) is 24.8. The van der Waals surface area contributed by atoms with E-state index in [0.29, 0.717) is 22.2 Å². The molecule has 0 bridgehead atoms. The van der Waals surface area contributed by atoms with Crippen molar-refractivity contribution in [2.24, 2.45) is 5.41 Å². The molecule has 0 heterocycles. The zero-order valence-corrected chi connectivity index (χ0v) is 19.2. The summed E-state index contributed by atoms with van der Waals surface area (Å²) in [5, 5.41) is 6.97. The van der Waals surface area contributed by atoms with Crippen LogP contribution in [0.4, 0.5) is 4.79 Å². The second-order valence-electron chi connectivity index (χ2n) is 8.63. The van der Waals surface area contributed by atoms with Crippen molar-refractivity contribution in [3.05, 3.63) is 69.7 Å². The van der Waals surface area contributed by atoms with Gasteiger partial charge in [-0.25, -0.2) is 17.9 Å². The maximum absolute atomic E-state index is 12.4. The van der Waals surface area contributed by atoms with E-state index in [9.17, 15) is 13.2 Å². The van der Waals surface area contributed by atoms with Crippen LogP contribution in [0.2, 0.25) is 10.0 Å². The van der Waals surface area contributed by atoms with Crippen molar-refractivity contribution in [3.63, 3.8) is 0 Å². The lowest BCUT2D eigenvalue weighted by Crippen LogP contribution is -2.61. The number of benzene rings is 2. The summed E-state index contributed by atoms with van der Waals surface area (Å²) >= 11 is 11.9. The number of hydrogen-bond acceptors (Lipinski definition) is 3. The van der Waals surface area contributed by atoms with Gasteiger partial charge in [0.15, 0.2) is 0 Å². The summed E-state index contributed by atoms with van der Waals surface area (Å²) in [6, 6.07) is 14.2. The minimum absolute atomic E-state index is 0.0489. The highest BCUT2D eigenvalue weighted by Crippen LogP contribution is 2.56. The van der Waals surface area contributed by atoms with Gasteiger partial charge in [-0.3, -0.25) is 0 Å². The molecule has 31 heavy (non-hydrogen) atoms. The van der Waals surface area contributed by atoms with Crippen molar-refractivity contribution in [1.82, 2.24) is 15.4 Å². The first-order chi connectivity index (χ1) is 14.7. The molecule has 166 valence electrons. The summed E-state index contributed by atoms with van der Waals surface area (Å²) in [7, 11) is -3.44. The zero-order valence-electron chi connectivity index (χ0n) is 16.9. The molecule has 2 aromatic rings. The molecule has 3 N–H and O–H groups in total. The first-order valence-corrected chi connectivity index (χ1v) is 12.7. The number of rotatable bonds is 7. The molecule has 0 atom stereocenters. The Morgan fingerprint density at radius 1 is 0.968 bits per heavy atom. The summed E-state index contributed by atoms with van der Waals surface area (Å²) in [6.07, 6.45) is 3.37. The Morgan fingerprint density at radius 2 is 1.61 bits per heavy atom. The van der Waals surface area contributed by atoms with Gasteiger partial charge in [-0.15, -0.1) is 0 Å². The fourth-order valence-electron chi connectivity index (χ4n) is 4.63. The van der Waals surface area contributed by atoms with E-state index < -0.39 is 10.0 Å². The molecule has 2 aromatic carbocycles. The molecule has 2 fully saturated rings. The smallest absolute Gasteiger partial charge is 0.315 e. The van der Waals surface area contributed by atoms with Crippen LogP contribution in [0.5, 0.6) is 0 Å². The largest absolute Gasteiger partial charge is 0.335 e. The molecule has 9 heteroatoms. The fraction of sp³-hybridized carbons (Fsp3) is 0.409. The monoisotopic (exact) mass is 481 g/mol. The van der Waals surface area contributed by atoms with E-state index in [-0.39, 0.29) is 29.3 Å². The van der Waals surface area contributed by atoms with Crippen LogP contribution in [-0.4, -0.2) is 26.5 Å². The number of halogens is 2. The Bertz CT molecular complexity index is 1050. The Morgan fingerprint density at radius 3 is 2.29 bits per heavy atom. The van der Waals surface area contributed by atoms with Crippen molar-refractivity contribution in [1.29, 1.82) is 0 Å². The molecule has 1 spiro atoms. The van der Waals surface area contributed by atoms with Crippen molar-refractivity contribution < 1.29 is 13.2 Å². The summed E-state index contributed by atoms with van der Waals surface area (Å²) in [6.45, 7) is 0.441. The maximum Gasteiger partial charge on any atom is 0.315 e. The highest BCUT2D eigenvalue weighted by molar-refractivity contribution is 7.88. The third-order valence-electron chi connectivity index (χ3n) is 6.07. The van der Waals surface area contributed by atoms with Gasteiger partial charge < -0.3 is 10.6 Å². The highest BCUT2D eigenvalue weighted by atomic mass is 35.5. The number of sulfonamides is 1. The lowest BCUT2D eigenvalue weighted by molar-refractivity contribution is -0.0188. The van der Waals surface area contributed by atoms with Crippen molar-refractivity contribution >= 4 is 39.3 Å². The molecule has 4 rings (SSSR count). The van der Waals surface area contributed by atoms with E-state index in [1.807, 2.05) is 12.1 Å². The number of hydrogen-bond donors (Lipinski definition) is 3. The van der Waals surface area contributed by atoms with Gasteiger partial charge in [0.1, 0.15) is 0 Å². The van der Waals surface area contributed by atoms with Crippen LogP contribution in [0.15, 0.2) is 48.5 Å². The quantitative estimate of drug-likeness (QED) is 0.552. The van der Waals surface area contributed by atoms with Crippen LogP contribution in [0.25, 0.3) is 0 Å². The minimum atomic E-state index is -3.44. The summed E-state index contributed by atoms with van der Waals surface area (Å²) < 4.78 is 27.7.